The maximum atomic E-state index is 10.0. The molecule has 0 aliphatic heterocycles. The first-order valence-corrected chi connectivity index (χ1v) is 39.8. The summed E-state index contributed by atoms with van der Waals surface area (Å²) in [6.45, 7) is 17.5. The Hall–Kier alpha value is -2.76. The molecule has 0 N–H and O–H groups in total. The number of rotatable bonds is 64. The molecule has 0 bridgehead atoms. The van der Waals surface area contributed by atoms with Crippen LogP contribution in [0.25, 0.3) is 0 Å². The van der Waals surface area contributed by atoms with Crippen LogP contribution in [0.1, 0.15) is 466 Å². The van der Waals surface area contributed by atoms with Crippen molar-refractivity contribution in [3.05, 3.63) is 0 Å². The number of aliphatic carboxylic acids is 8. The molecule has 0 rings (SSSR count). The minimum absolute atomic E-state index is 0. The van der Waals surface area contributed by atoms with Crippen molar-refractivity contribution < 1.29 is 124 Å². The van der Waals surface area contributed by atoms with Gasteiger partial charge < -0.3 is 79.2 Å². The molecule has 0 atom stereocenters. The van der Waals surface area contributed by atoms with Gasteiger partial charge in [0, 0.05) is 92.5 Å². The fourth-order valence-corrected chi connectivity index (χ4v) is 9.81. The first kappa shape index (κ1) is 116. The molecule has 2 radical (unpaired) electrons. The SMILES string of the molecule is CCCCCCCCCC(=O)[O-].CCCCCCCCCC(=O)[O-].CCCCCCCCCC(=O)[O-].CCCCCCCCCC(=O)[O-].CCCCCCCCCC(=O)[O-].CCCCCCCCCC(=O)[O-].CCCCCCCCCC(=O)[O-].CCCCCCCCCC(=O)[O-].[Nb].[Nb]. The second-order valence-electron chi connectivity index (χ2n) is 25.9. The van der Waals surface area contributed by atoms with Gasteiger partial charge in [-0.05, 0) is 103 Å². The first-order valence-electron chi connectivity index (χ1n) is 39.8. The van der Waals surface area contributed by atoms with Crippen molar-refractivity contribution in [1.29, 1.82) is 0 Å². The van der Waals surface area contributed by atoms with E-state index < -0.39 is 47.8 Å². The van der Waals surface area contributed by atoms with Crippen LogP contribution in [0.4, 0.5) is 0 Å². The number of carboxylic acid groups (broad SMARTS) is 8. The monoisotopic (exact) mass is 1550 g/mol. The topological polar surface area (TPSA) is 321 Å². The first-order chi connectivity index (χ1) is 46.2. The van der Waals surface area contributed by atoms with Crippen molar-refractivity contribution in [1.82, 2.24) is 0 Å². The fraction of sp³-hybridized carbons (Fsp3) is 0.900. The number of carbonyl (C=O) groups excluding carboxylic acids is 8. The molecule has 0 fully saturated rings. The van der Waals surface area contributed by atoms with E-state index in [0.29, 0.717) is 0 Å². The number of hydrogen-bond acceptors (Lipinski definition) is 16. The van der Waals surface area contributed by atoms with E-state index in [1.165, 1.54) is 257 Å². The van der Waals surface area contributed by atoms with Gasteiger partial charge in [0.2, 0.25) is 0 Å². The maximum Gasteiger partial charge on any atom is 0.0414 e. The van der Waals surface area contributed by atoms with E-state index in [1.54, 1.807) is 0 Å². The Morgan fingerprint density at radius 2 is 0.194 bits per heavy atom. The van der Waals surface area contributed by atoms with E-state index >= 15 is 0 Å². The summed E-state index contributed by atoms with van der Waals surface area (Å²) in [5.74, 6) is -7.31. The van der Waals surface area contributed by atoms with Crippen LogP contribution in [0.5, 0.6) is 0 Å². The van der Waals surface area contributed by atoms with Gasteiger partial charge in [-0.1, -0.05) is 364 Å². The molecule has 0 aromatic rings. The third-order valence-corrected chi connectivity index (χ3v) is 15.9. The zero-order valence-electron chi connectivity index (χ0n) is 64.7. The quantitative estimate of drug-likeness (QED) is 0.0403. The van der Waals surface area contributed by atoms with Crippen molar-refractivity contribution in [3.8, 4) is 0 Å². The van der Waals surface area contributed by atoms with Gasteiger partial charge in [-0.3, -0.25) is 0 Å². The summed E-state index contributed by atoms with van der Waals surface area (Å²) in [7, 11) is 0. The van der Waals surface area contributed by atoms with Crippen LogP contribution in [0, 0.1) is 0 Å². The molecule has 0 aromatic heterocycles. The molecule has 0 saturated heterocycles. The number of carboxylic acids is 8. The summed E-state index contributed by atoms with van der Waals surface area (Å²) in [5.41, 5.74) is 0. The predicted octanol–water partition coefficient (Wildman–Crippen LogP) is 15.0. The van der Waals surface area contributed by atoms with Crippen LogP contribution in [0.2, 0.25) is 0 Å². The molecule has 0 aliphatic rings. The van der Waals surface area contributed by atoms with Gasteiger partial charge in [0.25, 0.3) is 0 Å². The van der Waals surface area contributed by atoms with Gasteiger partial charge in [-0.25, -0.2) is 0 Å². The van der Waals surface area contributed by atoms with Gasteiger partial charge in [0.05, 0.1) is 0 Å². The van der Waals surface area contributed by atoms with Crippen molar-refractivity contribution >= 4 is 47.8 Å². The Kier molecular flexibility index (Phi) is 134. The van der Waals surface area contributed by atoms with Crippen LogP contribution >= 0.6 is 0 Å². The van der Waals surface area contributed by atoms with Crippen LogP contribution in [-0.4, -0.2) is 47.8 Å². The minimum Gasteiger partial charge on any atom is -0.550 e. The van der Waals surface area contributed by atoms with E-state index in [9.17, 15) is 79.2 Å². The average Bonchev–Trinajstić information content (AvgIpc) is 3.56. The van der Waals surface area contributed by atoms with E-state index in [1.807, 2.05) is 0 Å². The van der Waals surface area contributed by atoms with Crippen LogP contribution in [-0.2, 0) is 83.1 Å². The smallest absolute Gasteiger partial charge is 0.0414 e. The largest absolute Gasteiger partial charge is 0.550 e. The Morgan fingerprint density at radius 1 is 0.133 bits per heavy atom. The number of carbonyl (C=O) groups is 8. The second kappa shape index (κ2) is 113. The van der Waals surface area contributed by atoms with Gasteiger partial charge in [0.15, 0.2) is 0 Å². The molecule has 586 valence electrons. The zero-order valence-corrected chi connectivity index (χ0v) is 69.1. The van der Waals surface area contributed by atoms with E-state index in [4.69, 9.17) is 0 Å². The van der Waals surface area contributed by atoms with Crippen LogP contribution in [0.15, 0.2) is 0 Å². The van der Waals surface area contributed by atoms with Crippen molar-refractivity contribution in [2.24, 2.45) is 0 Å². The van der Waals surface area contributed by atoms with E-state index in [2.05, 4.69) is 55.4 Å². The summed E-state index contributed by atoms with van der Waals surface area (Å²) in [4.78, 5) is 80.2. The van der Waals surface area contributed by atoms with Gasteiger partial charge in [0.1, 0.15) is 0 Å². The molecule has 0 amide bonds. The zero-order chi connectivity index (χ0) is 73.9. The van der Waals surface area contributed by atoms with Crippen molar-refractivity contribution in [2.75, 3.05) is 0 Å². The van der Waals surface area contributed by atoms with Crippen molar-refractivity contribution in [3.63, 3.8) is 0 Å². The molecule has 0 saturated carbocycles. The molecule has 0 aliphatic carbocycles. The number of hydrogen-bond donors (Lipinski definition) is 0. The van der Waals surface area contributed by atoms with E-state index in [-0.39, 0.29) is 96.1 Å². The average molecular weight is 1560 g/mol. The molecule has 0 heterocycles. The maximum absolute atomic E-state index is 10.0. The van der Waals surface area contributed by atoms with Gasteiger partial charge in [-0.15, -0.1) is 0 Å². The van der Waals surface area contributed by atoms with Gasteiger partial charge >= 0.3 is 0 Å². The Bertz CT molecular complexity index is 1230. The standard InChI is InChI=1S/8C10H20O2.2Nb/c8*1-2-3-4-5-6-7-8-9-10(11)12;;/h8*2-9H2,1H3,(H,11,12);;/p-8. The molecule has 0 unspecified atom stereocenters. The summed E-state index contributed by atoms with van der Waals surface area (Å²) in [6.07, 6.45) is 66.7. The van der Waals surface area contributed by atoms with E-state index in [0.717, 1.165) is 103 Å². The predicted molar refractivity (Wildman–Crippen MR) is 381 cm³/mol. The molecule has 98 heavy (non-hydrogen) atoms. The molecular formula is C80H152Nb2O16-8. The van der Waals surface area contributed by atoms with Gasteiger partial charge in [-0.2, -0.15) is 0 Å². The van der Waals surface area contributed by atoms with Crippen LogP contribution < -0.4 is 40.9 Å². The Balaban J connectivity index is -0.000000113. The third-order valence-electron chi connectivity index (χ3n) is 15.9. The molecular weight excluding hydrogens is 1400 g/mol. The Labute approximate surface area is 634 Å². The summed E-state index contributed by atoms with van der Waals surface area (Å²) >= 11 is 0. The fourth-order valence-electron chi connectivity index (χ4n) is 9.81. The normalized spacial score (nSPS) is 9.88. The van der Waals surface area contributed by atoms with Crippen molar-refractivity contribution in [2.45, 2.75) is 466 Å². The minimum atomic E-state index is -0.913. The van der Waals surface area contributed by atoms with Crippen LogP contribution in [0.3, 0.4) is 0 Å². The summed E-state index contributed by atoms with van der Waals surface area (Å²) < 4.78 is 0. The summed E-state index contributed by atoms with van der Waals surface area (Å²) in [6, 6.07) is 0. The molecule has 0 spiro atoms. The number of unbranched alkanes of at least 4 members (excludes halogenated alkanes) is 48. The third kappa shape index (κ3) is 165. The molecule has 18 heteroatoms. The molecule has 16 nitrogen and oxygen atoms in total. The second-order valence-corrected chi connectivity index (χ2v) is 25.9. The Morgan fingerprint density at radius 3 is 0.255 bits per heavy atom. The summed E-state index contributed by atoms with van der Waals surface area (Å²) in [5, 5.41) is 80.2. The molecule has 0 aromatic carbocycles.